The number of benzene rings is 1. The van der Waals surface area contributed by atoms with Crippen molar-refractivity contribution < 1.29 is 27.6 Å². The highest BCUT2D eigenvalue weighted by Gasteiger charge is 2.45. The second-order valence-electron chi connectivity index (χ2n) is 5.49. The fourth-order valence-electron chi connectivity index (χ4n) is 2.78. The number of nitrogens with two attached hydrogens (primary N) is 1. The van der Waals surface area contributed by atoms with E-state index in [1.54, 1.807) is 16.8 Å². The van der Waals surface area contributed by atoms with Gasteiger partial charge in [-0.25, -0.2) is 9.69 Å². The van der Waals surface area contributed by atoms with E-state index in [0.29, 0.717) is 10.5 Å². The van der Waals surface area contributed by atoms with Crippen LogP contribution in [0.4, 0.5) is 23.7 Å². The molecular weight excluding hydrogens is 357 g/mol. The molecule has 1 aliphatic heterocycles. The second kappa shape index (κ2) is 5.99. The van der Waals surface area contributed by atoms with Gasteiger partial charge in [-0.15, -0.1) is 0 Å². The standard InChI is InChI=1S/C16H11F3N2O3S/c17-16(18,19)9-1-2-11-10(6-9)13(14(23)21(11)15(20)24)12(22)5-8-3-4-25-7-8/h1-4,6-7,13H,5H2,(H2,20,24). The van der Waals surface area contributed by atoms with E-state index in [1.165, 1.54) is 11.3 Å². The first-order valence-electron chi connectivity index (χ1n) is 7.08. The quantitative estimate of drug-likeness (QED) is 0.846. The molecule has 2 N–H and O–H groups in total. The number of thiophene rings is 1. The summed E-state index contributed by atoms with van der Waals surface area (Å²) in [4.78, 5) is 37.1. The van der Waals surface area contributed by atoms with E-state index < -0.39 is 35.4 Å². The molecule has 5 nitrogen and oxygen atoms in total. The summed E-state index contributed by atoms with van der Waals surface area (Å²) < 4.78 is 38.9. The van der Waals surface area contributed by atoms with Crippen LogP contribution in [0.15, 0.2) is 35.0 Å². The Labute approximate surface area is 143 Å². The zero-order valence-corrected chi connectivity index (χ0v) is 13.4. The number of halogens is 3. The molecule has 25 heavy (non-hydrogen) atoms. The Morgan fingerprint density at radius 1 is 1.24 bits per heavy atom. The molecule has 3 amide bonds. The van der Waals surface area contributed by atoms with E-state index in [2.05, 4.69) is 0 Å². The minimum Gasteiger partial charge on any atom is -0.351 e. The molecule has 1 atom stereocenters. The van der Waals surface area contributed by atoms with E-state index in [-0.39, 0.29) is 17.7 Å². The number of hydrogen-bond acceptors (Lipinski definition) is 4. The summed E-state index contributed by atoms with van der Waals surface area (Å²) in [7, 11) is 0. The maximum Gasteiger partial charge on any atom is 0.416 e. The van der Waals surface area contributed by atoms with Gasteiger partial charge in [0, 0.05) is 6.42 Å². The molecule has 0 bridgehead atoms. The summed E-state index contributed by atoms with van der Waals surface area (Å²) in [6.07, 6.45) is -4.76. The van der Waals surface area contributed by atoms with Gasteiger partial charge in [-0.1, -0.05) is 0 Å². The number of hydrogen-bond donors (Lipinski definition) is 1. The number of primary amides is 1. The third-order valence-electron chi connectivity index (χ3n) is 3.87. The Morgan fingerprint density at radius 2 is 1.96 bits per heavy atom. The Morgan fingerprint density at radius 3 is 2.52 bits per heavy atom. The van der Waals surface area contributed by atoms with Gasteiger partial charge in [0.05, 0.1) is 11.3 Å². The van der Waals surface area contributed by atoms with Gasteiger partial charge >= 0.3 is 12.2 Å². The van der Waals surface area contributed by atoms with Gasteiger partial charge in [-0.2, -0.15) is 24.5 Å². The SMILES string of the molecule is NC(=O)N1C(=O)C(C(=O)Cc2ccsc2)c2cc(C(F)(F)F)ccc21. The van der Waals surface area contributed by atoms with Crippen LogP contribution < -0.4 is 10.6 Å². The van der Waals surface area contributed by atoms with E-state index in [4.69, 9.17) is 5.73 Å². The van der Waals surface area contributed by atoms with Crippen LogP contribution in [0.2, 0.25) is 0 Å². The van der Waals surface area contributed by atoms with Crippen molar-refractivity contribution in [3.05, 3.63) is 51.7 Å². The molecule has 1 aliphatic rings. The first-order chi connectivity index (χ1) is 11.7. The lowest BCUT2D eigenvalue weighted by molar-refractivity contribution is -0.138. The number of alkyl halides is 3. The van der Waals surface area contributed by atoms with Gasteiger partial charge in [0.1, 0.15) is 5.92 Å². The molecule has 0 saturated heterocycles. The Balaban J connectivity index is 2.06. The number of urea groups is 1. The Kier molecular flexibility index (Phi) is 4.11. The van der Waals surface area contributed by atoms with Crippen LogP contribution in [-0.2, 0) is 22.2 Å². The van der Waals surface area contributed by atoms with Gasteiger partial charge < -0.3 is 5.73 Å². The minimum absolute atomic E-state index is 0.0887. The molecular formula is C16H11F3N2O3S. The van der Waals surface area contributed by atoms with Crippen molar-refractivity contribution in [2.75, 3.05) is 4.90 Å². The molecule has 2 heterocycles. The van der Waals surface area contributed by atoms with E-state index >= 15 is 0 Å². The second-order valence-corrected chi connectivity index (χ2v) is 6.27. The highest BCUT2D eigenvalue weighted by molar-refractivity contribution is 7.08. The molecule has 3 rings (SSSR count). The monoisotopic (exact) mass is 368 g/mol. The lowest BCUT2D eigenvalue weighted by Gasteiger charge is -2.13. The van der Waals surface area contributed by atoms with Gasteiger partial charge in [0.15, 0.2) is 5.78 Å². The van der Waals surface area contributed by atoms with E-state index in [1.807, 2.05) is 0 Å². The fourth-order valence-corrected chi connectivity index (χ4v) is 3.45. The highest BCUT2D eigenvalue weighted by Crippen LogP contribution is 2.42. The molecule has 1 aromatic carbocycles. The van der Waals surface area contributed by atoms with Crippen LogP contribution in [0.25, 0.3) is 0 Å². The van der Waals surface area contributed by atoms with Crippen LogP contribution in [-0.4, -0.2) is 17.7 Å². The third kappa shape index (κ3) is 3.02. The van der Waals surface area contributed by atoms with Crippen LogP contribution in [0.1, 0.15) is 22.6 Å². The fraction of sp³-hybridized carbons (Fsp3) is 0.188. The third-order valence-corrected chi connectivity index (χ3v) is 4.61. The van der Waals surface area contributed by atoms with Crippen LogP contribution in [0, 0.1) is 0 Å². The summed E-state index contributed by atoms with van der Waals surface area (Å²) in [6.45, 7) is 0. The van der Waals surface area contributed by atoms with Crippen LogP contribution in [0.5, 0.6) is 0 Å². The average molecular weight is 368 g/mol. The van der Waals surface area contributed by atoms with Crippen molar-refractivity contribution in [1.82, 2.24) is 0 Å². The van der Waals surface area contributed by atoms with Crippen molar-refractivity contribution >= 4 is 34.7 Å². The molecule has 0 saturated carbocycles. The maximum atomic E-state index is 13.0. The molecule has 0 radical (unpaired) electrons. The van der Waals surface area contributed by atoms with Gasteiger partial charge in [0.2, 0.25) is 5.91 Å². The number of rotatable bonds is 3. The number of ketones is 1. The van der Waals surface area contributed by atoms with Crippen molar-refractivity contribution in [3.8, 4) is 0 Å². The number of carbonyl (C=O) groups is 3. The topological polar surface area (TPSA) is 80.5 Å². The van der Waals surface area contributed by atoms with Gasteiger partial charge in [0.25, 0.3) is 0 Å². The number of amides is 3. The molecule has 0 spiro atoms. The summed E-state index contributed by atoms with van der Waals surface area (Å²) in [6, 6.07) is 3.00. The summed E-state index contributed by atoms with van der Waals surface area (Å²) in [5.41, 5.74) is 4.56. The van der Waals surface area contributed by atoms with Gasteiger partial charge in [-0.3, -0.25) is 9.59 Å². The Hall–Kier alpha value is -2.68. The van der Waals surface area contributed by atoms with Crippen molar-refractivity contribution in [1.29, 1.82) is 0 Å². The molecule has 130 valence electrons. The molecule has 9 heteroatoms. The summed E-state index contributed by atoms with van der Waals surface area (Å²) >= 11 is 1.35. The first kappa shape index (κ1) is 17.2. The van der Waals surface area contributed by atoms with Crippen molar-refractivity contribution in [2.24, 2.45) is 5.73 Å². The van der Waals surface area contributed by atoms with Crippen LogP contribution in [0.3, 0.4) is 0 Å². The van der Waals surface area contributed by atoms with Crippen LogP contribution >= 0.6 is 11.3 Å². The largest absolute Gasteiger partial charge is 0.416 e. The highest BCUT2D eigenvalue weighted by atomic mass is 32.1. The first-order valence-corrected chi connectivity index (χ1v) is 8.02. The lowest BCUT2D eigenvalue weighted by Crippen LogP contribution is -2.40. The predicted octanol–water partition coefficient (Wildman–Crippen LogP) is 3.09. The lowest BCUT2D eigenvalue weighted by atomic mass is 9.91. The zero-order chi connectivity index (χ0) is 18.4. The summed E-state index contributed by atoms with van der Waals surface area (Å²) in [5.74, 6) is -3.00. The zero-order valence-electron chi connectivity index (χ0n) is 12.5. The number of Topliss-reactive ketones (excluding diaryl/α,β-unsaturated/α-hetero) is 1. The van der Waals surface area contributed by atoms with Gasteiger partial charge in [-0.05, 0) is 46.2 Å². The normalized spacial score (nSPS) is 16.8. The van der Waals surface area contributed by atoms with E-state index in [0.717, 1.165) is 18.2 Å². The molecule has 2 aromatic rings. The number of fused-ring (bicyclic) bond motifs is 1. The number of nitrogens with zero attached hydrogens (tertiary/aromatic N) is 1. The average Bonchev–Trinajstić information content (AvgIpc) is 3.09. The summed E-state index contributed by atoms with van der Waals surface area (Å²) in [5, 5.41) is 3.45. The number of anilines is 1. The van der Waals surface area contributed by atoms with Crippen molar-refractivity contribution in [2.45, 2.75) is 18.5 Å². The number of carbonyl (C=O) groups excluding carboxylic acids is 3. The smallest absolute Gasteiger partial charge is 0.351 e. The predicted molar refractivity (Wildman–Crippen MR) is 84.3 cm³/mol. The maximum absolute atomic E-state index is 13.0. The minimum atomic E-state index is -4.64. The molecule has 0 fully saturated rings. The number of imide groups is 1. The Bertz CT molecular complexity index is 862. The van der Waals surface area contributed by atoms with Crippen molar-refractivity contribution in [3.63, 3.8) is 0 Å². The molecule has 0 aliphatic carbocycles. The molecule has 1 aromatic heterocycles. The van der Waals surface area contributed by atoms with E-state index in [9.17, 15) is 27.6 Å². The molecule has 1 unspecified atom stereocenters.